The quantitative estimate of drug-likeness (QED) is 0.381. The molecule has 0 amide bonds. The summed E-state index contributed by atoms with van der Waals surface area (Å²) in [5.41, 5.74) is 1.62. The number of aromatic nitrogens is 1. The molecule has 0 bridgehead atoms. The molecule has 1 aromatic carbocycles. The van der Waals surface area contributed by atoms with E-state index in [0.29, 0.717) is 11.6 Å². The first-order chi connectivity index (χ1) is 13.5. The predicted molar refractivity (Wildman–Crippen MR) is 114 cm³/mol. The Balaban J connectivity index is 0.000000325. The Kier molecular flexibility index (Phi) is 12.1. The molecule has 6 heteroatoms. The molecular formula is C24H28ClN3ORu. The van der Waals surface area contributed by atoms with E-state index in [4.69, 9.17) is 0 Å². The Morgan fingerprint density at radius 2 is 1.90 bits per heavy atom. The second kappa shape index (κ2) is 13.4. The van der Waals surface area contributed by atoms with Crippen LogP contribution in [0.5, 0.6) is 0 Å². The van der Waals surface area contributed by atoms with Crippen LogP contribution < -0.4 is 22.8 Å². The minimum absolute atomic E-state index is 0. The molecule has 160 valence electrons. The summed E-state index contributed by atoms with van der Waals surface area (Å²) >= 11 is 0. The number of hydrogen-bond donors (Lipinski definition) is 1. The van der Waals surface area contributed by atoms with Crippen molar-refractivity contribution in [2.24, 2.45) is 10.9 Å². The van der Waals surface area contributed by atoms with Crippen molar-refractivity contribution in [3.8, 4) is 0 Å². The minimum atomic E-state index is -0.102. The van der Waals surface area contributed by atoms with Crippen LogP contribution in [0.2, 0.25) is 0 Å². The summed E-state index contributed by atoms with van der Waals surface area (Å²) < 4.78 is 0. The van der Waals surface area contributed by atoms with E-state index in [0.717, 1.165) is 30.3 Å². The van der Waals surface area contributed by atoms with Crippen LogP contribution in [0.4, 0.5) is 5.69 Å². The number of benzene rings is 1. The third-order valence-corrected chi connectivity index (χ3v) is 4.93. The smallest absolute Gasteiger partial charge is 1.00 e. The van der Waals surface area contributed by atoms with Gasteiger partial charge in [0.1, 0.15) is 0 Å². The van der Waals surface area contributed by atoms with E-state index >= 15 is 0 Å². The molecule has 4 nitrogen and oxygen atoms in total. The van der Waals surface area contributed by atoms with Gasteiger partial charge < -0.3 is 22.8 Å². The molecule has 1 N–H and O–H groups in total. The Morgan fingerprint density at radius 1 is 1.17 bits per heavy atom. The topological polar surface area (TPSA) is 60.3 Å². The third kappa shape index (κ3) is 7.91. The van der Waals surface area contributed by atoms with Crippen molar-refractivity contribution in [2.45, 2.75) is 39.7 Å². The number of nitrogens with one attached hydrogen (secondary N) is 1. The summed E-state index contributed by atoms with van der Waals surface area (Å²) in [7, 11) is 0. The summed E-state index contributed by atoms with van der Waals surface area (Å²) in [6.45, 7) is 7.45. The molecule has 6 radical (unpaired) electrons. The van der Waals surface area contributed by atoms with Gasteiger partial charge in [0.25, 0.3) is 0 Å². The van der Waals surface area contributed by atoms with E-state index in [1.807, 2.05) is 30.3 Å². The number of halogens is 1. The van der Waals surface area contributed by atoms with Crippen LogP contribution in [-0.2, 0) is 19.5 Å². The van der Waals surface area contributed by atoms with Crippen molar-refractivity contribution in [1.82, 2.24) is 10.3 Å². The molecule has 1 aliphatic heterocycles. The van der Waals surface area contributed by atoms with Gasteiger partial charge in [0.15, 0.2) is 0 Å². The zero-order valence-electron chi connectivity index (χ0n) is 17.6. The molecule has 0 spiro atoms. The van der Waals surface area contributed by atoms with Gasteiger partial charge >= 0.3 is 19.5 Å². The molecule has 4 rings (SSSR count). The van der Waals surface area contributed by atoms with Crippen molar-refractivity contribution in [1.29, 1.82) is 0 Å². The summed E-state index contributed by atoms with van der Waals surface area (Å²) in [6.07, 6.45) is 12.4. The molecule has 2 aliphatic rings. The van der Waals surface area contributed by atoms with E-state index in [9.17, 15) is 5.11 Å². The normalized spacial score (nSPS) is 20.3. The average Bonchev–Trinajstić information content (AvgIpc) is 3.24. The SMILES string of the molecule is C[C]1[CH][CH][C](C(C)C)[CH][CH]1.[Cl-].[O-]C(=Nc1ccc2ncccc2c1)[C@@H]1CCCN1.[Ru+2]. The second-order valence-corrected chi connectivity index (χ2v) is 7.54. The standard InChI is InChI=1S/C14H15N3O.C10H14.ClH.Ru/c18-14(13-4-2-8-16-13)17-11-5-6-12-10(9-11)3-1-7-15-12;1-8(2)10-6-4-9(3)5-7-10;;/h1,3,5-7,9,13,16H,2,4,8H2,(H,17,18);4-8H,1-3H3;1H;/q;;;+2/p-2/t13-;;;/m0.../s1. The first-order valence-corrected chi connectivity index (χ1v) is 9.93. The van der Waals surface area contributed by atoms with Crippen LogP contribution in [0, 0.1) is 43.4 Å². The predicted octanol–water partition coefficient (Wildman–Crippen LogP) is 1.02. The van der Waals surface area contributed by atoms with Crippen LogP contribution in [0.25, 0.3) is 10.9 Å². The second-order valence-electron chi connectivity index (χ2n) is 7.54. The van der Waals surface area contributed by atoms with Gasteiger partial charge in [0.05, 0.1) is 11.2 Å². The van der Waals surface area contributed by atoms with E-state index in [1.54, 1.807) is 6.20 Å². The van der Waals surface area contributed by atoms with E-state index in [-0.39, 0.29) is 43.8 Å². The van der Waals surface area contributed by atoms with E-state index in [1.165, 1.54) is 11.8 Å². The van der Waals surface area contributed by atoms with Gasteiger partial charge in [-0.3, -0.25) is 9.98 Å². The summed E-state index contributed by atoms with van der Waals surface area (Å²) in [6, 6.07) is 9.38. The van der Waals surface area contributed by atoms with Gasteiger partial charge in [0, 0.05) is 17.6 Å². The molecule has 2 aromatic rings. The monoisotopic (exact) mass is 511 g/mol. The minimum Gasteiger partial charge on any atom is -1.00 e. The zero-order chi connectivity index (χ0) is 19.9. The number of rotatable bonds is 3. The van der Waals surface area contributed by atoms with Crippen molar-refractivity contribution in [3.05, 3.63) is 74.0 Å². The summed E-state index contributed by atoms with van der Waals surface area (Å²) in [4.78, 5) is 8.40. The van der Waals surface area contributed by atoms with Gasteiger partial charge in [-0.15, -0.1) is 0 Å². The molecule has 1 atom stereocenters. The Hall–Kier alpha value is -1.03. The number of nitrogens with zero attached hydrogens (tertiary/aromatic N) is 2. The van der Waals surface area contributed by atoms with E-state index in [2.05, 4.69) is 61.7 Å². The fraction of sp³-hybridized carbons (Fsp3) is 0.333. The Labute approximate surface area is 200 Å². The van der Waals surface area contributed by atoms with Crippen molar-refractivity contribution >= 4 is 22.5 Å². The fourth-order valence-electron chi connectivity index (χ4n) is 3.18. The molecule has 0 unspecified atom stereocenters. The number of fused-ring (bicyclic) bond motifs is 1. The Morgan fingerprint density at radius 3 is 2.53 bits per heavy atom. The third-order valence-electron chi connectivity index (χ3n) is 4.93. The van der Waals surface area contributed by atoms with Crippen molar-refractivity contribution in [3.63, 3.8) is 0 Å². The van der Waals surface area contributed by atoms with Crippen molar-refractivity contribution in [2.75, 3.05) is 6.54 Å². The average molecular weight is 511 g/mol. The van der Waals surface area contributed by atoms with E-state index < -0.39 is 0 Å². The molecule has 2 heterocycles. The molecule has 30 heavy (non-hydrogen) atoms. The van der Waals surface area contributed by atoms with Crippen molar-refractivity contribution < 1.29 is 37.0 Å². The number of pyridine rings is 1. The van der Waals surface area contributed by atoms with Crippen LogP contribution in [-0.4, -0.2) is 23.5 Å². The van der Waals surface area contributed by atoms with Gasteiger partial charge in [0.2, 0.25) is 0 Å². The molecular weight excluding hydrogens is 483 g/mol. The molecule has 1 saturated heterocycles. The molecule has 1 aromatic heterocycles. The first-order valence-electron chi connectivity index (χ1n) is 9.93. The maximum atomic E-state index is 11.9. The van der Waals surface area contributed by atoms with Crippen LogP contribution in [0.1, 0.15) is 33.6 Å². The molecule has 2 fully saturated rings. The van der Waals surface area contributed by atoms with Crippen LogP contribution in [0.3, 0.4) is 0 Å². The van der Waals surface area contributed by atoms with Gasteiger partial charge in [-0.1, -0.05) is 26.8 Å². The summed E-state index contributed by atoms with van der Waals surface area (Å²) in [5, 5.41) is 16.1. The largest absolute Gasteiger partial charge is 2.00 e. The molecule has 1 saturated carbocycles. The van der Waals surface area contributed by atoms with Gasteiger partial charge in [-0.05, 0) is 93.0 Å². The van der Waals surface area contributed by atoms with Gasteiger partial charge in [-0.25, -0.2) is 0 Å². The van der Waals surface area contributed by atoms with Gasteiger partial charge in [-0.2, -0.15) is 0 Å². The number of hydrogen-bond acceptors (Lipinski definition) is 4. The summed E-state index contributed by atoms with van der Waals surface area (Å²) in [5.74, 6) is 3.34. The molecule has 1 aliphatic carbocycles. The zero-order valence-corrected chi connectivity index (χ0v) is 20.1. The first kappa shape index (κ1) is 27.0. The maximum Gasteiger partial charge on any atom is 2.00 e. The Bertz CT molecular complexity index is 785. The van der Waals surface area contributed by atoms with Crippen LogP contribution >= 0.6 is 0 Å². The fourth-order valence-corrected chi connectivity index (χ4v) is 3.18. The number of aliphatic imine (C=N–C) groups is 1. The van der Waals surface area contributed by atoms with Crippen LogP contribution in [0.15, 0.2) is 41.5 Å². The maximum absolute atomic E-state index is 11.9.